The van der Waals surface area contributed by atoms with Gasteiger partial charge >= 0.3 is 0 Å². The van der Waals surface area contributed by atoms with Gasteiger partial charge in [-0.1, -0.05) is 64.1 Å². The number of benzene rings is 2. The first-order valence-electron chi connectivity index (χ1n) is 10.5. The van der Waals surface area contributed by atoms with Gasteiger partial charge in [-0.2, -0.15) is 0 Å². The van der Waals surface area contributed by atoms with E-state index >= 15 is 0 Å². The van der Waals surface area contributed by atoms with E-state index in [1.807, 2.05) is 12.1 Å². The number of rotatable bonds is 6. The van der Waals surface area contributed by atoms with Crippen LogP contribution in [0.2, 0.25) is 0 Å². The van der Waals surface area contributed by atoms with E-state index in [1.54, 1.807) is 6.26 Å². The van der Waals surface area contributed by atoms with E-state index in [9.17, 15) is 4.21 Å². The molecule has 2 aromatic rings. The third-order valence-electron chi connectivity index (χ3n) is 6.21. The maximum atomic E-state index is 11.1. The van der Waals surface area contributed by atoms with Gasteiger partial charge in [-0.3, -0.25) is 4.21 Å². The zero-order chi connectivity index (χ0) is 21.2. The topological polar surface area (TPSA) is 26.3 Å². The van der Waals surface area contributed by atoms with E-state index in [1.165, 1.54) is 35.1 Å². The van der Waals surface area contributed by atoms with Crippen LogP contribution < -0.4 is 4.74 Å². The van der Waals surface area contributed by atoms with Gasteiger partial charge in [0.2, 0.25) is 0 Å². The molecule has 0 aromatic heterocycles. The Labute approximate surface area is 178 Å². The molecule has 1 aliphatic carbocycles. The Bertz CT molecular complexity index is 920. The molecule has 1 unspecified atom stereocenters. The van der Waals surface area contributed by atoms with Gasteiger partial charge in [-0.05, 0) is 70.6 Å². The van der Waals surface area contributed by atoms with Gasteiger partial charge in [0.1, 0.15) is 5.75 Å². The number of hydrogen-bond donors (Lipinski definition) is 0. The highest BCUT2D eigenvalue weighted by Crippen LogP contribution is 2.46. The molecule has 0 saturated carbocycles. The molecule has 0 amide bonds. The predicted molar refractivity (Wildman–Crippen MR) is 126 cm³/mol. The normalized spacial score (nSPS) is 18.8. The Morgan fingerprint density at radius 1 is 1.00 bits per heavy atom. The summed E-state index contributed by atoms with van der Waals surface area (Å²) in [7, 11) is -0.819. The molecule has 0 fully saturated rings. The predicted octanol–water partition coefficient (Wildman–Crippen LogP) is 6.35. The summed E-state index contributed by atoms with van der Waals surface area (Å²) in [5.41, 5.74) is 7.19. The van der Waals surface area contributed by atoms with Crippen molar-refractivity contribution in [2.75, 3.05) is 18.6 Å². The molecule has 29 heavy (non-hydrogen) atoms. The third kappa shape index (κ3) is 5.19. The van der Waals surface area contributed by atoms with Crippen LogP contribution in [0.25, 0.3) is 11.6 Å². The van der Waals surface area contributed by atoms with Crippen molar-refractivity contribution in [1.29, 1.82) is 0 Å². The first kappa shape index (κ1) is 21.8. The van der Waals surface area contributed by atoms with E-state index in [0.717, 1.165) is 11.3 Å². The molecule has 2 nitrogen and oxygen atoms in total. The van der Waals surface area contributed by atoms with Crippen LogP contribution in [0, 0.1) is 0 Å². The van der Waals surface area contributed by atoms with Crippen LogP contribution in [0.15, 0.2) is 42.5 Å². The zero-order valence-corrected chi connectivity index (χ0v) is 19.5. The van der Waals surface area contributed by atoms with E-state index in [2.05, 4.69) is 71.0 Å². The molecular weight excluding hydrogens is 376 g/mol. The van der Waals surface area contributed by atoms with Gasteiger partial charge in [-0.25, -0.2) is 0 Å². The fourth-order valence-electron chi connectivity index (χ4n) is 4.10. The maximum Gasteiger partial charge on any atom is 0.119 e. The number of ether oxygens (including phenoxy) is 1. The summed E-state index contributed by atoms with van der Waals surface area (Å²) < 4.78 is 16.8. The molecule has 0 radical (unpaired) electrons. The van der Waals surface area contributed by atoms with Crippen LogP contribution in [-0.2, 0) is 21.6 Å². The SMILES string of the molecule is CC(=Cc1ccc(OCCS(C)=O)cc1)c1ccc2c(c1)C(C)(C)CCC2(C)C. The summed E-state index contributed by atoms with van der Waals surface area (Å²) in [4.78, 5) is 0. The smallest absolute Gasteiger partial charge is 0.119 e. The number of hydrogen-bond acceptors (Lipinski definition) is 2. The highest BCUT2D eigenvalue weighted by molar-refractivity contribution is 7.84. The van der Waals surface area contributed by atoms with Crippen molar-refractivity contribution >= 4 is 22.4 Å². The van der Waals surface area contributed by atoms with Gasteiger partial charge in [0.05, 0.1) is 12.4 Å². The molecule has 2 aromatic carbocycles. The highest BCUT2D eigenvalue weighted by atomic mass is 32.2. The first-order valence-corrected chi connectivity index (χ1v) is 12.2. The Morgan fingerprint density at radius 2 is 1.62 bits per heavy atom. The van der Waals surface area contributed by atoms with Crippen molar-refractivity contribution in [2.45, 2.75) is 58.3 Å². The molecule has 0 N–H and O–H groups in total. The standard InChI is InChI=1S/C26H34O2S/c1-19(17-20-7-10-22(11-8-20)28-15-16-29(6)27)21-9-12-23-24(18-21)26(4,5)14-13-25(23,2)3/h7-12,17-18H,13-16H2,1-6H3. The molecule has 3 rings (SSSR count). The fraction of sp³-hybridized carbons (Fsp3) is 0.462. The molecule has 0 aliphatic heterocycles. The van der Waals surface area contributed by atoms with E-state index in [-0.39, 0.29) is 10.8 Å². The minimum absolute atomic E-state index is 0.224. The largest absolute Gasteiger partial charge is 0.493 e. The summed E-state index contributed by atoms with van der Waals surface area (Å²) in [6.07, 6.45) is 6.40. The second kappa shape index (κ2) is 8.47. The average Bonchev–Trinajstić information content (AvgIpc) is 2.66. The first-order chi connectivity index (χ1) is 13.6. The van der Waals surface area contributed by atoms with Crippen LogP contribution in [0.4, 0.5) is 0 Å². The lowest BCUT2D eigenvalue weighted by molar-refractivity contribution is 0.332. The van der Waals surface area contributed by atoms with Gasteiger partial charge in [0, 0.05) is 17.1 Å². The Kier molecular flexibility index (Phi) is 6.38. The molecule has 0 spiro atoms. The van der Waals surface area contributed by atoms with Crippen molar-refractivity contribution in [1.82, 2.24) is 0 Å². The second-order valence-corrected chi connectivity index (χ2v) is 11.1. The van der Waals surface area contributed by atoms with Crippen molar-refractivity contribution < 1.29 is 8.95 Å². The van der Waals surface area contributed by atoms with Crippen LogP contribution in [-0.4, -0.2) is 22.8 Å². The average molecular weight is 411 g/mol. The van der Waals surface area contributed by atoms with Crippen LogP contribution in [0.1, 0.15) is 69.7 Å². The Hall–Kier alpha value is -1.87. The van der Waals surface area contributed by atoms with Crippen molar-refractivity contribution in [2.24, 2.45) is 0 Å². The van der Waals surface area contributed by atoms with Crippen molar-refractivity contribution in [3.8, 4) is 5.75 Å². The minimum atomic E-state index is -0.819. The molecule has 3 heteroatoms. The Balaban J connectivity index is 1.81. The molecule has 0 heterocycles. The molecule has 1 aliphatic rings. The van der Waals surface area contributed by atoms with Gasteiger partial charge in [0.15, 0.2) is 0 Å². The summed E-state index contributed by atoms with van der Waals surface area (Å²) in [6.45, 7) is 12.1. The van der Waals surface area contributed by atoms with E-state index in [0.29, 0.717) is 12.4 Å². The van der Waals surface area contributed by atoms with Gasteiger partial charge in [-0.15, -0.1) is 0 Å². The Morgan fingerprint density at radius 3 is 2.24 bits per heavy atom. The fourth-order valence-corrected chi connectivity index (χ4v) is 4.42. The van der Waals surface area contributed by atoms with Crippen molar-refractivity contribution in [3.63, 3.8) is 0 Å². The molecule has 1 atom stereocenters. The van der Waals surface area contributed by atoms with Crippen LogP contribution in [0.5, 0.6) is 5.75 Å². The highest BCUT2D eigenvalue weighted by Gasteiger charge is 2.36. The summed E-state index contributed by atoms with van der Waals surface area (Å²) >= 11 is 0. The number of fused-ring (bicyclic) bond motifs is 1. The molecule has 0 bridgehead atoms. The van der Waals surface area contributed by atoms with Gasteiger partial charge in [0.25, 0.3) is 0 Å². The molecule has 156 valence electrons. The quantitative estimate of drug-likeness (QED) is 0.518. The lowest BCUT2D eigenvalue weighted by Gasteiger charge is -2.42. The maximum absolute atomic E-state index is 11.1. The van der Waals surface area contributed by atoms with E-state index in [4.69, 9.17) is 4.74 Å². The molecular formula is C26H34O2S. The summed E-state index contributed by atoms with van der Waals surface area (Å²) in [5, 5.41) is 0. The lowest BCUT2D eigenvalue weighted by Crippen LogP contribution is -2.33. The second-order valence-electron chi connectivity index (χ2n) is 9.55. The molecule has 0 saturated heterocycles. The summed E-state index contributed by atoms with van der Waals surface area (Å²) in [6, 6.07) is 15.1. The van der Waals surface area contributed by atoms with Crippen LogP contribution >= 0.6 is 0 Å². The third-order valence-corrected chi connectivity index (χ3v) is 6.95. The number of allylic oxidation sites excluding steroid dienone is 1. The van der Waals surface area contributed by atoms with Gasteiger partial charge < -0.3 is 4.74 Å². The minimum Gasteiger partial charge on any atom is -0.493 e. The zero-order valence-electron chi connectivity index (χ0n) is 18.7. The lowest BCUT2D eigenvalue weighted by atomic mass is 9.63. The van der Waals surface area contributed by atoms with Crippen molar-refractivity contribution in [3.05, 3.63) is 64.7 Å². The van der Waals surface area contributed by atoms with Crippen LogP contribution in [0.3, 0.4) is 0 Å². The van der Waals surface area contributed by atoms with E-state index < -0.39 is 10.8 Å². The summed E-state index contributed by atoms with van der Waals surface area (Å²) in [5.74, 6) is 1.38. The monoisotopic (exact) mass is 410 g/mol.